The van der Waals surface area contributed by atoms with Gasteiger partial charge in [-0.3, -0.25) is 9.59 Å². The summed E-state index contributed by atoms with van der Waals surface area (Å²) in [5, 5.41) is 13.2. The first kappa shape index (κ1) is 29.3. The molecule has 4 atom stereocenters. The molecule has 0 bridgehead atoms. The smallest absolute Gasteiger partial charge is 0.326 e. The molecule has 1 aliphatic heterocycles. The van der Waals surface area contributed by atoms with Crippen LogP contribution >= 0.6 is 23.2 Å². The third kappa shape index (κ3) is 7.71. The molecule has 3 aromatic rings. The molecule has 2 amide bonds. The Labute approximate surface area is 239 Å². The van der Waals surface area contributed by atoms with E-state index in [0.29, 0.717) is 26.9 Å². The number of rotatable bonds is 12. The number of nitrogens with two attached hydrogens (primary N) is 1. The van der Waals surface area contributed by atoms with Gasteiger partial charge in [-0.1, -0.05) is 71.7 Å². The van der Waals surface area contributed by atoms with Gasteiger partial charge in [-0.2, -0.15) is 0 Å². The highest BCUT2D eigenvalue weighted by molar-refractivity contribution is 6.35. The molecule has 10 nitrogen and oxygen atoms in total. The summed E-state index contributed by atoms with van der Waals surface area (Å²) in [6.45, 7) is 0.207. The summed E-state index contributed by atoms with van der Waals surface area (Å²) >= 11 is 12.3. The van der Waals surface area contributed by atoms with Crippen LogP contribution in [0.15, 0.2) is 72.8 Å². The molecule has 4 N–H and O–H groups in total. The molecule has 0 aromatic heterocycles. The number of hydrogen-bond donors (Lipinski definition) is 3. The summed E-state index contributed by atoms with van der Waals surface area (Å²) in [5.41, 5.74) is 7.32. The average Bonchev–Trinajstić information content (AvgIpc) is 3.37. The maximum Gasteiger partial charge on any atom is 0.326 e. The Morgan fingerprint density at radius 1 is 0.900 bits per heavy atom. The number of amides is 2. The lowest BCUT2D eigenvalue weighted by atomic mass is 10.1. The Balaban J connectivity index is 1.37. The van der Waals surface area contributed by atoms with Crippen LogP contribution in [0.5, 0.6) is 5.75 Å². The van der Waals surface area contributed by atoms with Crippen molar-refractivity contribution in [1.82, 2.24) is 5.32 Å². The van der Waals surface area contributed by atoms with Gasteiger partial charge in [0.25, 0.3) is 11.8 Å². The third-order valence-electron chi connectivity index (χ3n) is 5.95. The van der Waals surface area contributed by atoms with Gasteiger partial charge in [0.2, 0.25) is 6.29 Å². The van der Waals surface area contributed by atoms with Crippen LogP contribution in [0.2, 0.25) is 10.0 Å². The number of benzene rings is 3. The van der Waals surface area contributed by atoms with Crippen molar-refractivity contribution in [1.29, 1.82) is 0 Å². The number of halogens is 2. The van der Waals surface area contributed by atoms with Crippen molar-refractivity contribution in [3.8, 4) is 5.75 Å². The highest BCUT2D eigenvalue weighted by atomic mass is 35.5. The van der Waals surface area contributed by atoms with Gasteiger partial charge in [0, 0.05) is 22.0 Å². The van der Waals surface area contributed by atoms with E-state index < -0.39 is 42.5 Å². The average molecular weight is 589 g/mol. The van der Waals surface area contributed by atoms with Crippen LogP contribution in [-0.4, -0.2) is 47.6 Å². The first-order valence-electron chi connectivity index (χ1n) is 12.1. The largest absolute Gasteiger partial charge is 0.489 e. The number of nitrogens with one attached hydrogen (secondary N) is 1. The number of carbonyl (C=O) groups is 3. The molecule has 3 unspecified atom stereocenters. The Morgan fingerprint density at radius 2 is 1.57 bits per heavy atom. The van der Waals surface area contributed by atoms with Crippen molar-refractivity contribution >= 4 is 41.0 Å². The number of aliphatic carboxylic acids is 1. The summed E-state index contributed by atoms with van der Waals surface area (Å²) < 4.78 is 22.1. The molecular formula is C28H26Cl2N2O8. The lowest BCUT2D eigenvalue weighted by Gasteiger charge is -2.20. The number of primary amides is 1. The van der Waals surface area contributed by atoms with E-state index >= 15 is 0 Å². The summed E-state index contributed by atoms with van der Waals surface area (Å²) in [5.74, 6) is -2.53. The summed E-state index contributed by atoms with van der Waals surface area (Å²) in [6, 6.07) is 19.6. The van der Waals surface area contributed by atoms with Gasteiger partial charge in [0.15, 0.2) is 12.4 Å². The van der Waals surface area contributed by atoms with E-state index in [1.54, 1.807) is 54.6 Å². The monoisotopic (exact) mass is 588 g/mol. The number of carboxylic acids is 1. The van der Waals surface area contributed by atoms with Crippen molar-refractivity contribution < 1.29 is 38.4 Å². The zero-order chi connectivity index (χ0) is 28.6. The normalized spacial score (nSPS) is 19.1. The maximum absolute atomic E-state index is 13.0. The minimum atomic E-state index is -1.52. The van der Waals surface area contributed by atoms with Gasteiger partial charge in [-0.25, -0.2) is 4.79 Å². The molecule has 1 fully saturated rings. The lowest BCUT2D eigenvalue weighted by molar-refractivity contribution is -0.167. The molecule has 0 radical (unpaired) electrons. The predicted octanol–water partition coefficient (Wildman–Crippen LogP) is 3.45. The second-order valence-electron chi connectivity index (χ2n) is 8.83. The van der Waals surface area contributed by atoms with Crippen LogP contribution in [0.4, 0.5) is 0 Å². The van der Waals surface area contributed by atoms with E-state index in [2.05, 4.69) is 5.32 Å². The molecule has 3 aromatic carbocycles. The van der Waals surface area contributed by atoms with Crippen molar-refractivity contribution in [2.24, 2.45) is 5.73 Å². The maximum atomic E-state index is 13.0. The topological polar surface area (TPSA) is 146 Å². The molecule has 1 aliphatic rings. The highest BCUT2D eigenvalue weighted by Crippen LogP contribution is 2.26. The van der Waals surface area contributed by atoms with Gasteiger partial charge in [-0.15, -0.1) is 0 Å². The van der Waals surface area contributed by atoms with Crippen molar-refractivity contribution in [3.05, 3.63) is 99.5 Å². The van der Waals surface area contributed by atoms with E-state index in [1.807, 2.05) is 18.2 Å². The van der Waals surface area contributed by atoms with E-state index in [-0.39, 0.29) is 19.6 Å². The summed E-state index contributed by atoms with van der Waals surface area (Å²) in [7, 11) is 0. The summed E-state index contributed by atoms with van der Waals surface area (Å²) in [4.78, 5) is 36.6. The molecular weight excluding hydrogens is 563 g/mol. The number of carbonyl (C=O) groups excluding carboxylic acids is 2. The number of ether oxygens (including phenoxy) is 4. The van der Waals surface area contributed by atoms with Crippen LogP contribution in [0.25, 0.3) is 0 Å². The van der Waals surface area contributed by atoms with Crippen molar-refractivity contribution in [2.45, 2.75) is 44.4 Å². The van der Waals surface area contributed by atoms with Crippen LogP contribution < -0.4 is 15.8 Å². The molecule has 1 heterocycles. The predicted molar refractivity (Wildman–Crippen MR) is 144 cm³/mol. The highest BCUT2D eigenvalue weighted by Gasteiger charge is 2.45. The molecule has 40 heavy (non-hydrogen) atoms. The number of hydrogen-bond acceptors (Lipinski definition) is 7. The zero-order valence-corrected chi connectivity index (χ0v) is 22.5. The van der Waals surface area contributed by atoms with Crippen LogP contribution in [-0.2, 0) is 48.2 Å². The third-order valence-corrected chi connectivity index (χ3v) is 6.65. The zero-order valence-electron chi connectivity index (χ0n) is 21.0. The molecule has 0 aliphatic carbocycles. The molecule has 210 valence electrons. The van der Waals surface area contributed by atoms with Crippen LogP contribution in [0.3, 0.4) is 0 Å². The molecule has 1 saturated heterocycles. The lowest BCUT2D eigenvalue weighted by Crippen LogP contribution is -2.49. The first-order valence-corrected chi connectivity index (χ1v) is 12.9. The quantitative estimate of drug-likeness (QED) is 0.291. The van der Waals surface area contributed by atoms with Crippen LogP contribution in [0, 0.1) is 0 Å². The Morgan fingerprint density at radius 3 is 2.20 bits per heavy atom. The minimum Gasteiger partial charge on any atom is -0.489 e. The SMILES string of the molecule is NC(=O)C1OC(OCc2ccccc2)C(C(=O)N[C@@H](Cc2ccc(OCc3c(Cl)cccc3Cl)cc2)C(=O)O)O1. The van der Waals surface area contributed by atoms with Crippen molar-refractivity contribution in [3.63, 3.8) is 0 Å². The van der Waals surface area contributed by atoms with Gasteiger partial charge < -0.3 is 35.1 Å². The minimum absolute atomic E-state index is 0.0416. The second-order valence-corrected chi connectivity index (χ2v) is 9.64. The second kappa shape index (κ2) is 13.6. The van der Waals surface area contributed by atoms with E-state index in [4.69, 9.17) is 47.9 Å². The van der Waals surface area contributed by atoms with E-state index in [1.165, 1.54) is 0 Å². The van der Waals surface area contributed by atoms with Gasteiger partial charge in [0.1, 0.15) is 18.4 Å². The standard InChI is InChI=1S/C28H26Cl2N2O8/c29-20-7-4-8-21(30)19(20)15-37-18-11-9-16(10-12-18)13-22(26(35)36)32-25(34)23-27(40-28(39-23)24(31)33)38-14-17-5-2-1-3-6-17/h1-12,22-23,27-28H,13-15H2,(H2,31,33)(H,32,34)(H,35,36)/t22-,23?,27?,28?/m0/s1. The molecule has 4 rings (SSSR count). The Bertz CT molecular complexity index is 1320. The fraction of sp³-hybridized carbons (Fsp3) is 0.250. The van der Waals surface area contributed by atoms with Crippen LogP contribution in [0.1, 0.15) is 16.7 Å². The van der Waals surface area contributed by atoms with Gasteiger partial charge >= 0.3 is 5.97 Å². The first-order chi connectivity index (χ1) is 19.2. The fourth-order valence-corrected chi connectivity index (χ4v) is 4.37. The van der Waals surface area contributed by atoms with Crippen molar-refractivity contribution in [2.75, 3.05) is 0 Å². The summed E-state index contributed by atoms with van der Waals surface area (Å²) in [6.07, 6.45) is -4.27. The van der Waals surface area contributed by atoms with Gasteiger partial charge in [-0.05, 0) is 35.4 Å². The molecule has 0 saturated carbocycles. The molecule has 12 heteroatoms. The Kier molecular flexibility index (Phi) is 9.97. The van der Waals surface area contributed by atoms with Gasteiger partial charge in [0.05, 0.1) is 6.61 Å². The molecule has 0 spiro atoms. The Hall–Kier alpha value is -3.67. The number of carboxylic acid groups (broad SMARTS) is 1. The fourth-order valence-electron chi connectivity index (χ4n) is 3.86. The van der Waals surface area contributed by atoms with E-state index in [0.717, 1.165) is 5.56 Å². The van der Waals surface area contributed by atoms with E-state index in [9.17, 15) is 19.5 Å².